The third kappa shape index (κ3) is 3.35. The van der Waals surface area contributed by atoms with Crippen LogP contribution in [-0.2, 0) is 19.4 Å². The molecule has 3 aromatic rings. The molecule has 0 aliphatic heterocycles. The molecule has 1 N–H and O–H groups in total. The summed E-state index contributed by atoms with van der Waals surface area (Å²) in [6.07, 6.45) is 3.38. The molecule has 1 aromatic heterocycles. The van der Waals surface area contributed by atoms with Crippen LogP contribution in [0.15, 0.2) is 40.9 Å². The number of rotatable bonds is 4. The summed E-state index contributed by atoms with van der Waals surface area (Å²) in [4.78, 5) is 12.8. The molecule has 0 radical (unpaired) electrons. The Morgan fingerprint density at radius 2 is 2.07 bits per heavy atom. The van der Waals surface area contributed by atoms with Crippen molar-refractivity contribution in [3.05, 3.63) is 75.3 Å². The van der Waals surface area contributed by atoms with E-state index < -0.39 is 5.82 Å². The Labute approximate surface area is 161 Å². The van der Waals surface area contributed by atoms with Gasteiger partial charge in [-0.2, -0.15) is 0 Å². The smallest absolute Gasteiger partial charge is 0.257 e. The zero-order valence-corrected chi connectivity index (χ0v) is 15.6. The lowest BCUT2D eigenvalue weighted by atomic mass is 10.0. The van der Waals surface area contributed by atoms with Gasteiger partial charge in [-0.05, 0) is 55.0 Å². The quantitative estimate of drug-likeness (QED) is 0.698. The average molecular weight is 385 g/mol. The molecule has 0 spiro atoms. The second kappa shape index (κ2) is 7.16. The van der Waals surface area contributed by atoms with Gasteiger partial charge in [-0.1, -0.05) is 41.0 Å². The zero-order chi connectivity index (χ0) is 19.0. The van der Waals surface area contributed by atoms with Crippen LogP contribution in [0.25, 0.3) is 11.3 Å². The summed E-state index contributed by atoms with van der Waals surface area (Å²) in [5.41, 5.74) is 4.14. The molecule has 0 saturated heterocycles. The number of aromatic nitrogens is 1. The highest BCUT2D eigenvalue weighted by Gasteiger charge is 2.25. The SMILES string of the molecule is Cc1onc(-c2c(F)cccc2Cl)c1C(=O)NCc1ccc2c(c1)CCC2. The Kier molecular flexibility index (Phi) is 4.70. The largest absolute Gasteiger partial charge is 0.360 e. The monoisotopic (exact) mass is 384 g/mol. The van der Waals surface area contributed by atoms with E-state index >= 15 is 0 Å². The third-order valence-electron chi connectivity index (χ3n) is 4.91. The minimum absolute atomic E-state index is 0.0682. The lowest BCUT2D eigenvalue weighted by molar-refractivity contribution is 0.0950. The standard InChI is InChI=1S/C21H18ClFN2O2/c1-12-18(20(25-27-12)19-16(22)6-3-7-17(19)23)21(26)24-11-13-8-9-14-4-2-5-15(14)10-13/h3,6-10H,2,4-5,11H2,1H3,(H,24,26). The van der Waals surface area contributed by atoms with Gasteiger partial charge in [-0.3, -0.25) is 4.79 Å². The maximum Gasteiger partial charge on any atom is 0.257 e. The van der Waals surface area contributed by atoms with Gasteiger partial charge >= 0.3 is 0 Å². The number of halogens is 2. The Balaban J connectivity index is 1.59. The van der Waals surface area contributed by atoms with Crippen molar-refractivity contribution >= 4 is 17.5 Å². The van der Waals surface area contributed by atoms with Crippen molar-refractivity contribution in [1.82, 2.24) is 10.5 Å². The summed E-state index contributed by atoms with van der Waals surface area (Å²) in [5, 5.41) is 6.93. The number of nitrogens with zero attached hydrogens (tertiary/aromatic N) is 1. The highest BCUT2D eigenvalue weighted by Crippen LogP contribution is 2.33. The number of fused-ring (bicyclic) bond motifs is 1. The predicted molar refractivity (Wildman–Crippen MR) is 101 cm³/mol. The molecule has 0 bridgehead atoms. The molecule has 1 heterocycles. The average Bonchev–Trinajstić information content (AvgIpc) is 3.26. The normalized spacial score (nSPS) is 12.9. The van der Waals surface area contributed by atoms with Crippen LogP contribution >= 0.6 is 11.6 Å². The van der Waals surface area contributed by atoms with Crippen LogP contribution in [0.2, 0.25) is 5.02 Å². The Morgan fingerprint density at radius 3 is 2.89 bits per heavy atom. The van der Waals surface area contributed by atoms with Crippen molar-refractivity contribution in [3.8, 4) is 11.3 Å². The molecule has 6 heteroatoms. The number of aryl methyl sites for hydroxylation is 3. The molecule has 0 atom stereocenters. The van der Waals surface area contributed by atoms with Gasteiger partial charge in [-0.25, -0.2) is 4.39 Å². The molecule has 4 rings (SSSR count). The second-order valence-corrected chi connectivity index (χ2v) is 7.11. The van der Waals surface area contributed by atoms with E-state index in [4.69, 9.17) is 16.1 Å². The molecule has 0 saturated carbocycles. The van der Waals surface area contributed by atoms with E-state index in [0.717, 1.165) is 18.4 Å². The topological polar surface area (TPSA) is 55.1 Å². The minimum Gasteiger partial charge on any atom is -0.360 e. The molecule has 138 valence electrons. The van der Waals surface area contributed by atoms with Crippen LogP contribution < -0.4 is 5.32 Å². The van der Waals surface area contributed by atoms with Crippen LogP contribution in [0.4, 0.5) is 4.39 Å². The molecule has 1 aliphatic carbocycles. The summed E-state index contributed by atoms with van der Waals surface area (Å²) in [5.74, 6) is -0.609. The van der Waals surface area contributed by atoms with Crippen LogP contribution in [0.1, 0.15) is 39.2 Å². The van der Waals surface area contributed by atoms with E-state index in [2.05, 4.69) is 22.6 Å². The molecular weight excluding hydrogens is 367 g/mol. The number of amides is 1. The van der Waals surface area contributed by atoms with Gasteiger partial charge < -0.3 is 9.84 Å². The predicted octanol–water partition coefficient (Wildman–Crippen LogP) is 4.86. The molecule has 2 aromatic carbocycles. The summed E-state index contributed by atoms with van der Waals surface area (Å²) >= 11 is 6.12. The van der Waals surface area contributed by atoms with E-state index in [-0.39, 0.29) is 27.8 Å². The zero-order valence-electron chi connectivity index (χ0n) is 14.8. The molecule has 0 unspecified atom stereocenters. The number of hydrogen-bond donors (Lipinski definition) is 1. The highest BCUT2D eigenvalue weighted by atomic mass is 35.5. The summed E-state index contributed by atoms with van der Waals surface area (Å²) in [6.45, 7) is 2.00. The number of carbonyl (C=O) groups excluding carboxylic acids is 1. The van der Waals surface area contributed by atoms with Crippen molar-refractivity contribution in [2.24, 2.45) is 0 Å². The summed E-state index contributed by atoms with van der Waals surface area (Å²) in [7, 11) is 0. The summed E-state index contributed by atoms with van der Waals surface area (Å²) < 4.78 is 19.4. The third-order valence-corrected chi connectivity index (χ3v) is 5.22. The first kappa shape index (κ1) is 17.7. The van der Waals surface area contributed by atoms with Crippen molar-refractivity contribution in [2.75, 3.05) is 0 Å². The van der Waals surface area contributed by atoms with Crippen LogP contribution in [-0.4, -0.2) is 11.1 Å². The van der Waals surface area contributed by atoms with Gasteiger partial charge in [0.1, 0.15) is 22.8 Å². The fraction of sp³-hybridized carbons (Fsp3) is 0.238. The van der Waals surface area contributed by atoms with Crippen molar-refractivity contribution in [1.29, 1.82) is 0 Å². The minimum atomic E-state index is -0.552. The number of benzene rings is 2. The van der Waals surface area contributed by atoms with Crippen molar-refractivity contribution < 1.29 is 13.7 Å². The Hall–Kier alpha value is -2.66. The Morgan fingerprint density at radius 1 is 1.26 bits per heavy atom. The fourth-order valence-electron chi connectivity index (χ4n) is 3.54. The van der Waals surface area contributed by atoms with Crippen molar-refractivity contribution in [2.45, 2.75) is 32.7 Å². The molecule has 4 nitrogen and oxygen atoms in total. The van der Waals surface area contributed by atoms with E-state index in [1.54, 1.807) is 13.0 Å². The van der Waals surface area contributed by atoms with Gasteiger partial charge in [0.2, 0.25) is 0 Å². The lowest BCUT2D eigenvalue weighted by Gasteiger charge is -2.09. The number of carbonyl (C=O) groups is 1. The second-order valence-electron chi connectivity index (χ2n) is 6.70. The lowest BCUT2D eigenvalue weighted by Crippen LogP contribution is -2.23. The molecule has 1 amide bonds. The summed E-state index contributed by atoms with van der Waals surface area (Å²) in [6, 6.07) is 10.6. The number of nitrogens with one attached hydrogen (secondary N) is 1. The van der Waals surface area contributed by atoms with Gasteiger partial charge in [-0.15, -0.1) is 0 Å². The van der Waals surface area contributed by atoms with Crippen molar-refractivity contribution in [3.63, 3.8) is 0 Å². The fourth-order valence-corrected chi connectivity index (χ4v) is 3.79. The Bertz CT molecular complexity index is 1010. The number of hydrogen-bond acceptors (Lipinski definition) is 3. The molecule has 0 fully saturated rings. The van der Waals surface area contributed by atoms with E-state index in [0.29, 0.717) is 12.3 Å². The molecule has 27 heavy (non-hydrogen) atoms. The maximum atomic E-state index is 14.3. The highest BCUT2D eigenvalue weighted by molar-refractivity contribution is 6.33. The van der Waals surface area contributed by atoms with Gasteiger partial charge in [0.25, 0.3) is 5.91 Å². The van der Waals surface area contributed by atoms with E-state index in [9.17, 15) is 9.18 Å². The van der Waals surface area contributed by atoms with Gasteiger partial charge in [0.05, 0.1) is 10.6 Å². The molecular formula is C21H18ClFN2O2. The first-order valence-electron chi connectivity index (χ1n) is 8.84. The van der Waals surface area contributed by atoms with Crippen LogP contribution in [0.5, 0.6) is 0 Å². The maximum absolute atomic E-state index is 14.3. The van der Waals surface area contributed by atoms with E-state index in [1.807, 2.05) is 6.07 Å². The first-order valence-corrected chi connectivity index (χ1v) is 9.22. The molecule has 1 aliphatic rings. The van der Waals surface area contributed by atoms with Gasteiger partial charge in [0.15, 0.2) is 0 Å². The van der Waals surface area contributed by atoms with Crippen LogP contribution in [0, 0.1) is 12.7 Å². The van der Waals surface area contributed by atoms with Crippen LogP contribution in [0.3, 0.4) is 0 Å². The first-order chi connectivity index (χ1) is 13.0. The van der Waals surface area contributed by atoms with Gasteiger partial charge in [0, 0.05) is 6.54 Å². The van der Waals surface area contributed by atoms with E-state index in [1.165, 1.54) is 29.7 Å².